The fraction of sp³-hybridized carbons (Fsp3) is 0.808. The lowest BCUT2D eigenvalue weighted by molar-refractivity contribution is -0.156. The molecule has 0 saturated carbocycles. The van der Waals surface area contributed by atoms with E-state index in [-0.39, 0.29) is 56.3 Å². The second-order valence-corrected chi connectivity index (χ2v) is 21.6. The quantitative estimate of drug-likeness (QED) is 0.0486. The van der Waals surface area contributed by atoms with Gasteiger partial charge in [0.05, 0.1) is 27.1 Å². The molecule has 0 unspecified atom stereocenters. The van der Waals surface area contributed by atoms with E-state index in [1.807, 2.05) is 41.5 Å². The van der Waals surface area contributed by atoms with Crippen LogP contribution in [0.15, 0.2) is 0 Å². The molecule has 1 heterocycles. The van der Waals surface area contributed by atoms with Gasteiger partial charge in [0.25, 0.3) is 0 Å². The normalized spacial score (nSPS) is 24.1. The van der Waals surface area contributed by atoms with Gasteiger partial charge in [-0.2, -0.15) is 0 Å². The zero-order valence-corrected chi connectivity index (χ0v) is 45.8. The van der Waals surface area contributed by atoms with Gasteiger partial charge in [-0.05, 0) is 74.0 Å². The van der Waals surface area contributed by atoms with Gasteiger partial charge in [-0.3, -0.25) is 43.2 Å². The Labute approximate surface area is 428 Å². The number of esters is 3. The predicted octanol–water partition coefficient (Wildman–Crippen LogP) is 4.05. The Morgan fingerprint density at radius 3 is 1.35 bits per heavy atom. The van der Waals surface area contributed by atoms with Gasteiger partial charge in [0.2, 0.25) is 41.4 Å². The van der Waals surface area contributed by atoms with Crippen molar-refractivity contribution in [3.8, 4) is 0 Å². The third-order valence-electron chi connectivity index (χ3n) is 12.2. The molecule has 0 aromatic heterocycles. The summed E-state index contributed by atoms with van der Waals surface area (Å²) >= 11 is 0. The lowest BCUT2D eigenvalue weighted by Crippen LogP contribution is -2.61. The molecule has 0 aromatic rings. The zero-order valence-electron chi connectivity index (χ0n) is 45.8. The third-order valence-corrected chi connectivity index (χ3v) is 12.2. The fourth-order valence-corrected chi connectivity index (χ4v) is 8.18. The smallest absolute Gasteiger partial charge is 0.329 e. The minimum Gasteiger partial charge on any atom is -0.469 e. The van der Waals surface area contributed by atoms with Crippen LogP contribution in [-0.4, -0.2) is 122 Å². The van der Waals surface area contributed by atoms with Crippen LogP contribution in [0.4, 0.5) is 0 Å². The van der Waals surface area contributed by atoms with E-state index in [0.717, 1.165) is 39.2 Å². The maximum Gasteiger partial charge on any atom is 0.329 e. The summed E-state index contributed by atoms with van der Waals surface area (Å²) in [6.07, 6.45) is 3.47. The van der Waals surface area contributed by atoms with E-state index in [2.05, 4.69) is 51.1 Å². The summed E-state index contributed by atoms with van der Waals surface area (Å²) in [5, 5.41) is 18.8. The summed E-state index contributed by atoms with van der Waals surface area (Å²) in [7, 11) is 2.29. The standard InChI is InChI=1S/C52H91N7O13/c1-29(2)20-18-16-15-17-19-21-35-27-41(60)53-36(22-23-42(61)70-13)46(63)54-37(24-30(3)4)47(64)55-38(25-31(5)6)49(66)58-44(33(9)10)51(68)57-40(28-43(62)71-14)48(65)56-39(26-32(7)8)50(67)59-45(34(11)12)52(69)72-35/h29-40,44-45H,15-28H2,1-14H3,(H,53,60)(H,54,63)(H,55,64)(H,56,65)(H,57,68)(H,58,66)(H,59,67)/t35-,36+,37+,38-,39-,40+,44+,45+/m1/s1. The second kappa shape index (κ2) is 33.4. The van der Waals surface area contributed by atoms with Gasteiger partial charge in [0.1, 0.15) is 48.4 Å². The van der Waals surface area contributed by atoms with Crippen molar-refractivity contribution in [2.75, 3.05) is 14.2 Å². The number of cyclic esters (lactones) is 1. The Balaban J connectivity index is 4.02. The first-order valence-corrected chi connectivity index (χ1v) is 26.1. The molecule has 1 saturated heterocycles. The molecule has 8 atom stereocenters. The van der Waals surface area contributed by atoms with Crippen LogP contribution in [-0.2, 0) is 62.2 Å². The predicted molar refractivity (Wildman–Crippen MR) is 271 cm³/mol. The van der Waals surface area contributed by atoms with E-state index in [4.69, 9.17) is 14.2 Å². The third kappa shape index (κ3) is 25.4. The number of rotatable bonds is 21. The Kier molecular flexibility index (Phi) is 30.0. The van der Waals surface area contributed by atoms with Crippen molar-refractivity contribution in [1.82, 2.24) is 37.2 Å². The van der Waals surface area contributed by atoms with Crippen molar-refractivity contribution in [2.24, 2.45) is 35.5 Å². The average Bonchev–Trinajstić information content (AvgIpc) is 3.28. The highest BCUT2D eigenvalue weighted by atomic mass is 16.5. The number of amides is 7. The number of ether oxygens (including phenoxy) is 3. The van der Waals surface area contributed by atoms with Crippen LogP contribution in [0.5, 0.6) is 0 Å². The van der Waals surface area contributed by atoms with Crippen LogP contribution in [0, 0.1) is 35.5 Å². The number of hydrogen-bond acceptors (Lipinski definition) is 13. The Morgan fingerprint density at radius 1 is 0.472 bits per heavy atom. The summed E-state index contributed by atoms with van der Waals surface area (Å²) in [4.78, 5) is 138. The molecule has 0 spiro atoms. The van der Waals surface area contributed by atoms with E-state index in [1.165, 1.54) is 7.11 Å². The maximum atomic E-state index is 14.2. The van der Waals surface area contributed by atoms with Crippen molar-refractivity contribution in [3.63, 3.8) is 0 Å². The van der Waals surface area contributed by atoms with Gasteiger partial charge in [-0.1, -0.05) is 115 Å². The SMILES string of the molecule is COC(=O)CC[C@@H]1NC(=O)C[C@@H](CCCCCCCC(C)C)OC(=O)[C@H](C(C)C)NC(=O)[C@@H](CC(C)C)NC(=O)[C@H](CC(=O)OC)NC(=O)[C@H](C(C)C)NC(=O)[C@@H](CC(C)C)NC(=O)[C@H](CC(C)C)NC1=O. The van der Waals surface area contributed by atoms with E-state index in [9.17, 15) is 47.9 Å². The molecule has 72 heavy (non-hydrogen) atoms. The minimum atomic E-state index is -1.59. The van der Waals surface area contributed by atoms with E-state index in [1.54, 1.807) is 27.7 Å². The lowest BCUT2D eigenvalue weighted by atomic mass is 9.98. The van der Waals surface area contributed by atoms with E-state index < -0.39 is 132 Å². The van der Waals surface area contributed by atoms with Crippen LogP contribution in [0.1, 0.15) is 173 Å². The van der Waals surface area contributed by atoms with Crippen molar-refractivity contribution < 1.29 is 62.2 Å². The van der Waals surface area contributed by atoms with Crippen molar-refractivity contribution >= 4 is 59.3 Å². The number of carbonyl (C=O) groups excluding carboxylic acids is 10. The van der Waals surface area contributed by atoms with Gasteiger partial charge >= 0.3 is 17.9 Å². The summed E-state index contributed by atoms with van der Waals surface area (Å²) in [6, 6.07) is -9.23. The molecule has 412 valence electrons. The largest absolute Gasteiger partial charge is 0.469 e. The van der Waals surface area contributed by atoms with Crippen molar-refractivity contribution in [2.45, 2.75) is 221 Å². The first-order valence-electron chi connectivity index (χ1n) is 26.1. The first kappa shape index (κ1) is 64.7. The molecule has 0 bridgehead atoms. The summed E-state index contributed by atoms with van der Waals surface area (Å²) in [6.45, 7) is 21.9. The number of hydrogen-bond donors (Lipinski definition) is 7. The number of carbonyl (C=O) groups is 10. The molecule has 7 amide bonds. The molecule has 1 aliphatic heterocycles. The Bertz CT molecular complexity index is 1790. The molecule has 1 rings (SSSR count). The fourth-order valence-electron chi connectivity index (χ4n) is 8.18. The zero-order chi connectivity index (χ0) is 54.8. The van der Waals surface area contributed by atoms with Crippen LogP contribution in [0.2, 0.25) is 0 Å². The van der Waals surface area contributed by atoms with Crippen molar-refractivity contribution in [3.05, 3.63) is 0 Å². The molecule has 1 aliphatic rings. The summed E-state index contributed by atoms with van der Waals surface area (Å²) in [5.74, 6) is -8.87. The second-order valence-electron chi connectivity index (χ2n) is 21.6. The molecule has 7 N–H and O–H groups in total. The highest BCUT2D eigenvalue weighted by Crippen LogP contribution is 2.19. The van der Waals surface area contributed by atoms with Gasteiger partial charge in [-0.15, -0.1) is 0 Å². The van der Waals surface area contributed by atoms with Crippen molar-refractivity contribution in [1.29, 1.82) is 0 Å². The average molecular weight is 1020 g/mol. The van der Waals surface area contributed by atoms with Crippen LogP contribution >= 0.6 is 0 Å². The summed E-state index contributed by atoms with van der Waals surface area (Å²) < 4.78 is 15.7. The van der Waals surface area contributed by atoms with Gasteiger partial charge in [-0.25, -0.2) is 4.79 Å². The Morgan fingerprint density at radius 2 is 0.889 bits per heavy atom. The van der Waals surface area contributed by atoms with E-state index >= 15 is 0 Å². The minimum absolute atomic E-state index is 0.0761. The van der Waals surface area contributed by atoms with Gasteiger partial charge < -0.3 is 51.4 Å². The first-order chi connectivity index (χ1) is 33.7. The maximum absolute atomic E-state index is 14.2. The number of unbranched alkanes of at least 4 members (excludes halogenated alkanes) is 4. The molecule has 0 aliphatic carbocycles. The molecule has 0 radical (unpaired) electrons. The monoisotopic (exact) mass is 1020 g/mol. The number of nitrogens with one attached hydrogen (secondary N) is 7. The lowest BCUT2D eigenvalue weighted by Gasteiger charge is -2.30. The molecular formula is C52H91N7O13. The highest BCUT2D eigenvalue weighted by Gasteiger charge is 2.38. The molecule has 1 fully saturated rings. The molecule has 0 aromatic carbocycles. The van der Waals surface area contributed by atoms with Crippen LogP contribution in [0.25, 0.3) is 0 Å². The topological polar surface area (TPSA) is 283 Å². The van der Waals surface area contributed by atoms with Gasteiger partial charge in [0, 0.05) is 6.42 Å². The van der Waals surface area contributed by atoms with E-state index in [0.29, 0.717) is 12.3 Å². The van der Waals surface area contributed by atoms with Crippen LogP contribution < -0.4 is 37.2 Å². The molecule has 20 heteroatoms. The van der Waals surface area contributed by atoms with Gasteiger partial charge in [0.15, 0.2) is 0 Å². The molecule has 20 nitrogen and oxygen atoms in total. The number of methoxy groups -OCH3 is 2. The Hall–Kier alpha value is -5.30. The van der Waals surface area contributed by atoms with Crippen LogP contribution in [0.3, 0.4) is 0 Å². The molecular weight excluding hydrogens is 931 g/mol. The highest BCUT2D eigenvalue weighted by molar-refractivity contribution is 5.98. The summed E-state index contributed by atoms with van der Waals surface area (Å²) in [5.41, 5.74) is 0.